The van der Waals surface area contributed by atoms with Crippen LogP contribution in [0.4, 0.5) is 0 Å². The Morgan fingerprint density at radius 1 is 1.22 bits per heavy atom. The molecule has 0 aliphatic rings. The van der Waals surface area contributed by atoms with Crippen molar-refractivity contribution in [3.63, 3.8) is 0 Å². The fourth-order valence-electron chi connectivity index (χ4n) is 1.34. The molecule has 1 amide bonds. The van der Waals surface area contributed by atoms with Gasteiger partial charge >= 0.3 is 6.01 Å². The first-order valence-electron chi connectivity index (χ1n) is 5.16. The topological polar surface area (TPSA) is 78.1 Å². The summed E-state index contributed by atoms with van der Waals surface area (Å²) in [7, 11) is 0. The van der Waals surface area contributed by atoms with E-state index in [9.17, 15) is 4.79 Å². The number of nitrogens with zero attached hydrogens (tertiary/aromatic N) is 2. The van der Waals surface area contributed by atoms with Gasteiger partial charge in [-0.15, -0.1) is 0 Å². The Labute approximate surface area is 112 Å². The first-order chi connectivity index (χ1) is 8.63. The van der Waals surface area contributed by atoms with Crippen LogP contribution in [0.5, 0.6) is 11.8 Å². The van der Waals surface area contributed by atoms with Gasteiger partial charge in [0.15, 0.2) is 0 Å². The fraction of sp³-hybridized carbons (Fsp3) is 0.0833. The smallest absolute Gasteiger partial charge is 0.321 e. The maximum absolute atomic E-state index is 10.7. The molecule has 1 heterocycles. The van der Waals surface area contributed by atoms with Gasteiger partial charge in [-0.1, -0.05) is 12.1 Å². The van der Waals surface area contributed by atoms with E-state index in [1.165, 1.54) is 0 Å². The number of amides is 1. The molecule has 0 unspecified atom stereocenters. The van der Waals surface area contributed by atoms with E-state index in [0.717, 1.165) is 10.0 Å². The number of hydrogen-bond donors (Lipinski definition) is 1. The number of nitrogens with two attached hydrogens (primary N) is 1. The van der Waals surface area contributed by atoms with E-state index in [-0.39, 0.29) is 18.3 Å². The predicted molar refractivity (Wildman–Crippen MR) is 69.1 cm³/mol. The lowest BCUT2D eigenvalue weighted by Gasteiger charge is -2.04. The standard InChI is InChI=1S/C12H10BrN3O2/c13-9-6-15-12(16-7-9)18-10-3-1-8(2-4-10)5-11(14)17/h1-4,6-7H,5H2,(H2,14,17). The van der Waals surface area contributed by atoms with Crippen molar-refractivity contribution in [1.82, 2.24) is 9.97 Å². The highest BCUT2D eigenvalue weighted by atomic mass is 79.9. The summed E-state index contributed by atoms with van der Waals surface area (Å²) in [5.41, 5.74) is 5.95. The molecule has 2 N–H and O–H groups in total. The van der Waals surface area contributed by atoms with Gasteiger partial charge in [0, 0.05) is 12.4 Å². The quantitative estimate of drug-likeness (QED) is 0.937. The number of hydrogen-bond acceptors (Lipinski definition) is 4. The molecule has 0 atom stereocenters. The Balaban J connectivity index is 2.06. The van der Waals surface area contributed by atoms with Crippen LogP contribution in [0.25, 0.3) is 0 Å². The predicted octanol–water partition coefficient (Wildman–Crippen LogP) is 2.06. The highest BCUT2D eigenvalue weighted by Gasteiger charge is 2.02. The third-order valence-corrected chi connectivity index (χ3v) is 2.52. The minimum absolute atomic E-state index is 0.217. The van der Waals surface area contributed by atoms with Gasteiger partial charge in [0.1, 0.15) is 5.75 Å². The maximum Gasteiger partial charge on any atom is 0.321 e. The van der Waals surface area contributed by atoms with Crippen LogP contribution in [-0.2, 0) is 11.2 Å². The van der Waals surface area contributed by atoms with Crippen molar-refractivity contribution in [3.05, 3.63) is 46.7 Å². The molecule has 0 saturated heterocycles. The van der Waals surface area contributed by atoms with Gasteiger partial charge in [-0.25, -0.2) is 9.97 Å². The highest BCUT2D eigenvalue weighted by Crippen LogP contribution is 2.19. The molecule has 0 fully saturated rings. The molecule has 18 heavy (non-hydrogen) atoms. The molecule has 1 aromatic carbocycles. The number of ether oxygens (including phenoxy) is 1. The molecule has 0 saturated carbocycles. The summed E-state index contributed by atoms with van der Waals surface area (Å²) in [5.74, 6) is 0.241. The van der Waals surface area contributed by atoms with Gasteiger partial charge in [0.05, 0.1) is 10.9 Å². The lowest BCUT2D eigenvalue weighted by molar-refractivity contribution is -0.117. The average Bonchev–Trinajstić information content (AvgIpc) is 2.34. The monoisotopic (exact) mass is 307 g/mol. The number of halogens is 1. The first kappa shape index (κ1) is 12.5. The average molecular weight is 308 g/mol. The Morgan fingerprint density at radius 2 is 1.83 bits per heavy atom. The van der Waals surface area contributed by atoms with Gasteiger partial charge < -0.3 is 10.5 Å². The van der Waals surface area contributed by atoms with Crippen molar-refractivity contribution in [3.8, 4) is 11.8 Å². The number of rotatable bonds is 4. The lowest BCUT2D eigenvalue weighted by Crippen LogP contribution is -2.13. The van der Waals surface area contributed by atoms with Crippen LogP contribution in [0.2, 0.25) is 0 Å². The van der Waals surface area contributed by atoms with Crippen LogP contribution in [0.1, 0.15) is 5.56 Å². The highest BCUT2D eigenvalue weighted by molar-refractivity contribution is 9.10. The van der Waals surface area contributed by atoms with Crippen LogP contribution in [0.3, 0.4) is 0 Å². The second-order valence-corrected chi connectivity index (χ2v) is 4.49. The zero-order valence-corrected chi connectivity index (χ0v) is 10.9. The van der Waals surface area contributed by atoms with E-state index in [1.54, 1.807) is 36.7 Å². The summed E-state index contributed by atoms with van der Waals surface area (Å²) < 4.78 is 6.22. The molecule has 2 rings (SSSR count). The second-order valence-electron chi connectivity index (χ2n) is 3.57. The molecule has 2 aromatic rings. The molecule has 0 radical (unpaired) electrons. The molecule has 0 aliphatic heterocycles. The van der Waals surface area contributed by atoms with E-state index in [1.807, 2.05) is 0 Å². The van der Waals surface area contributed by atoms with E-state index < -0.39 is 0 Å². The Morgan fingerprint density at radius 3 is 2.39 bits per heavy atom. The third kappa shape index (κ3) is 3.53. The number of carbonyl (C=O) groups is 1. The van der Waals surface area contributed by atoms with Crippen LogP contribution in [-0.4, -0.2) is 15.9 Å². The van der Waals surface area contributed by atoms with Crippen molar-refractivity contribution in [2.45, 2.75) is 6.42 Å². The second kappa shape index (κ2) is 5.59. The van der Waals surface area contributed by atoms with E-state index in [4.69, 9.17) is 10.5 Å². The van der Waals surface area contributed by atoms with Crippen molar-refractivity contribution in [1.29, 1.82) is 0 Å². The third-order valence-electron chi connectivity index (χ3n) is 2.11. The summed E-state index contributed by atoms with van der Waals surface area (Å²) in [6, 6.07) is 7.30. The van der Waals surface area contributed by atoms with E-state index in [0.29, 0.717) is 5.75 Å². The van der Waals surface area contributed by atoms with Crippen LogP contribution in [0.15, 0.2) is 41.1 Å². The molecule has 0 aliphatic carbocycles. The van der Waals surface area contributed by atoms with Crippen molar-refractivity contribution < 1.29 is 9.53 Å². The largest absolute Gasteiger partial charge is 0.424 e. The summed E-state index contributed by atoms with van der Waals surface area (Å²) in [5, 5.41) is 0. The van der Waals surface area contributed by atoms with Gasteiger partial charge in [-0.05, 0) is 33.6 Å². The van der Waals surface area contributed by atoms with Crippen molar-refractivity contribution in [2.24, 2.45) is 5.73 Å². The fourth-order valence-corrected chi connectivity index (χ4v) is 1.54. The molecule has 1 aromatic heterocycles. The van der Waals surface area contributed by atoms with Crippen LogP contribution >= 0.6 is 15.9 Å². The number of aromatic nitrogens is 2. The van der Waals surface area contributed by atoms with Gasteiger partial charge in [-0.3, -0.25) is 4.79 Å². The van der Waals surface area contributed by atoms with Crippen LogP contribution in [0, 0.1) is 0 Å². The summed E-state index contributed by atoms with van der Waals surface area (Å²) >= 11 is 3.24. The minimum atomic E-state index is -0.361. The Bertz CT molecular complexity index is 540. The molecular weight excluding hydrogens is 298 g/mol. The Hall–Kier alpha value is -1.95. The Kier molecular flexibility index (Phi) is 3.88. The SMILES string of the molecule is NC(=O)Cc1ccc(Oc2ncc(Br)cn2)cc1. The lowest BCUT2D eigenvalue weighted by atomic mass is 10.1. The zero-order valence-electron chi connectivity index (χ0n) is 9.34. The maximum atomic E-state index is 10.7. The number of primary amides is 1. The summed E-state index contributed by atoms with van der Waals surface area (Å²) in [6.07, 6.45) is 3.42. The normalized spacial score (nSPS) is 10.1. The molecule has 5 nitrogen and oxygen atoms in total. The van der Waals surface area contributed by atoms with Crippen LogP contribution < -0.4 is 10.5 Å². The summed E-state index contributed by atoms with van der Waals surface area (Å²) in [6.45, 7) is 0. The number of benzene rings is 1. The molecule has 0 bridgehead atoms. The summed E-state index contributed by atoms with van der Waals surface area (Å²) in [4.78, 5) is 18.7. The van der Waals surface area contributed by atoms with Crippen molar-refractivity contribution in [2.75, 3.05) is 0 Å². The molecule has 6 heteroatoms. The molecule has 92 valence electrons. The van der Waals surface area contributed by atoms with E-state index in [2.05, 4.69) is 25.9 Å². The van der Waals surface area contributed by atoms with Gasteiger partial charge in [-0.2, -0.15) is 0 Å². The first-order valence-corrected chi connectivity index (χ1v) is 5.95. The number of carbonyl (C=O) groups excluding carboxylic acids is 1. The van der Waals surface area contributed by atoms with Gasteiger partial charge in [0.25, 0.3) is 0 Å². The van der Waals surface area contributed by atoms with Gasteiger partial charge in [0.2, 0.25) is 5.91 Å². The zero-order chi connectivity index (χ0) is 13.0. The van der Waals surface area contributed by atoms with Crippen molar-refractivity contribution >= 4 is 21.8 Å². The molecular formula is C12H10BrN3O2. The van der Waals surface area contributed by atoms with E-state index >= 15 is 0 Å². The minimum Gasteiger partial charge on any atom is -0.424 e. The molecule has 0 spiro atoms.